The summed E-state index contributed by atoms with van der Waals surface area (Å²) in [5.41, 5.74) is 3.74. The number of fused-ring (bicyclic) bond motifs is 1. The van der Waals surface area contributed by atoms with Crippen molar-refractivity contribution in [1.29, 1.82) is 0 Å². The molecule has 0 bridgehead atoms. The molecule has 0 aliphatic carbocycles. The van der Waals surface area contributed by atoms with Gasteiger partial charge in [-0.1, -0.05) is 59.0 Å². The highest BCUT2D eigenvalue weighted by molar-refractivity contribution is 7.98. The van der Waals surface area contributed by atoms with Crippen LogP contribution < -0.4 is 10.3 Å². The summed E-state index contributed by atoms with van der Waals surface area (Å²) in [4.78, 5) is 17.8. The van der Waals surface area contributed by atoms with Gasteiger partial charge in [0.2, 0.25) is 0 Å². The van der Waals surface area contributed by atoms with E-state index in [-0.39, 0.29) is 5.56 Å². The highest BCUT2D eigenvalue weighted by Crippen LogP contribution is 2.28. The summed E-state index contributed by atoms with van der Waals surface area (Å²) in [5, 5.41) is 0.660. The third-order valence-corrected chi connectivity index (χ3v) is 7.03. The molecule has 0 aliphatic rings. The minimum atomic E-state index is -0.0841. The molecule has 2 aromatic heterocycles. The van der Waals surface area contributed by atoms with Gasteiger partial charge in [0.1, 0.15) is 10.4 Å². The van der Waals surface area contributed by atoms with Crippen LogP contribution in [0.4, 0.5) is 0 Å². The van der Waals surface area contributed by atoms with Crippen molar-refractivity contribution in [2.75, 3.05) is 7.11 Å². The van der Waals surface area contributed by atoms with E-state index in [2.05, 4.69) is 31.2 Å². The zero-order valence-corrected chi connectivity index (χ0v) is 18.7. The molecule has 8 heteroatoms. The van der Waals surface area contributed by atoms with Crippen LogP contribution >= 0.6 is 35.3 Å². The number of thiazole rings is 1. The number of rotatable bonds is 5. The van der Waals surface area contributed by atoms with Gasteiger partial charge in [-0.15, -0.1) is 0 Å². The number of thioether (sulfide) groups is 1. The summed E-state index contributed by atoms with van der Waals surface area (Å²) in [6.07, 6.45) is 0. The predicted octanol–water partition coefficient (Wildman–Crippen LogP) is 5.12. The Morgan fingerprint density at radius 2 is 1.97 bits per heavy atom. The zero-order valence-electron chi connectivity index (χ0n) is 16.2. The van der Waals surface area contributed by atoms with Gasteiger partial charge in [0.25, 0.3) is 5.56 Å². The minimum Gasteiger partial charge on any atom is -0.497 e. The van der Waals surface area contributed by atoms with Gasteiger partial charge in [-0.05, 0) is 36.8 Å². The number of aryl methyl sites for hydroxylation is 1. The maximum absolute atomic E-state index is 13.0. The molecule has 0 N–H and O–H groups in total. The van der Waals surface area contributed by atoms with E-state index in [4.69, 9.17) is 21.9 Å². The second-order valence-corrected chi connectivity index (χ2v) is 9.18. The Morgan fingerprint density at radius 3 is 2.69 bits per heavy atom. The van der Waals surface area contributed by atoms with Gasteiger partial charge >= 0.3 is 0 Å². The molecule has 4 rings (SSSR count). The summed E-state index contributed by atoms with van der Waals surface area (Å²) < 4.78 is 9.91. The number of nitrogens with zero attached hydrogens (tertiary/aromatic N) is 3. The number of methoxy groups -OCH3 is 1. The Hall–Kier alpha value is -2.42. The van der Waals surface area contributed by atoms with Crippen molar-refractivity contribution in [2.45, 2.75) is 17.8 Å². The minimum absolute atomic E-state index is 0.0841. The lowest BCUT2D eigenvalue weighted by molar-refractivity contribution is 0.414. The van der Waals surface area contributed by atoms with Gasteiger partial charge in [0, 0.05) is 18.9 Å². The molecule has 148 valence electrons. The second-order valence-electron chi connectivity index (χ2n) is 6.59. The number of hydrogen-bond acceptors (Lipinski definition) is 6. The first-order chi connectivity index (χ1) is 14.0. The highest BCUT2D eigenvalue weighted by atomic mass is 32.2. The molecular formula is C21H19N3O2S3. The van der Waals surface area contributed by atoms with E-state index in [9.17, 15) is 4.79 Å². The van der Waals surface area contributed by atoms with Crippen molar-refractivity contribution >= 4 is 45.7 Å². The molecule has 5 nitrogen and oxygen atoms in total. The van der Waals surface area contributed by atoms with Crippen LogP contribution in [0.2, 0.25) is 0 Å². The van der Waals surface area contributed by atoms with Gasteiger partial charge in [-0.25, -0.2) is 4.98 Å². The Labute approximate surface area is 181 Å². The van der Waals surface area contributed by atoms with Crippen LogP contribution in [0.1, 0.15) is 11.1 Å². The Morgan fingerprint density at radius 1 is 1.21 bits per heavy atom. The molecule has 0 unspecified atom stereocenters. The maximum atomic E-state index is 13.0. The topological polar surface area (TPSA) is 49.0 Å². The molecule has 4 aromatic rings. The third kappa shape index (κ3) is 3.88. The molecule has 0 spiro atoms. The quantitative estimate of drug-likeness (QED) is 0.244. The molecule has 0 atom stereocenters. The van der Waals surface area contributed by atoms with E-state index in [1.54, 1.807) is 30.5 Å². The fraction of sp³-hybridized carbons (Fsp3) is 0.190. The van der Waals surface area contributed by atoms with E-state index in [1.165, 1.54) is 22.5 Å². The van der Waals surface area contributed by atoms with Crippen LogP contribution in [0.25, 0.3) is 16.0 Å². The van der Waals surface area contributed by atoms with Crippen molar-refractivity contribution < 1.29 is 4.74 Å². The van der Waals surface area contributed by atoms with E-state index in [0.29, 0.717) is 19.5 Å². The van der Waals surface area contributed by atoms with E-state index >= 15 is 0 Å². The molecule has 0 saturated carbocycles. The molecule has 0 aliphatic heterocycles. The summed E-state index contributed by atoms with van der Waals surface area (Å²) in [6, 6.07) is 16.0. The molecule has 0 fully saturated rings. The van der Waals surface area contributed by atoms with Gasteiger partial charge in [-0.3, -0.25) is 13.9 Å². The van der Waals surface area contributed by atoms with Crippen LogP contribution in [0.15, 0.2) is 58.5 Å². The monoisotopic (exact) mass is 441 g/mol. The Bertz CT molecular complexity index is 1300. The van der Waals surface area contributed by atoms with Gasteiger partial charge in [-0.2, -0.15) is 0 Å². The van der Waals surface area contributed by atoms with E-state index < -0.39 is 0 Å². The van der Waals surface area contributed by atoms with Crippen molar-refractivity contribution in [3.05, 3.63) is 74.0 Å². The average molecular weight is 442 g/mol. The lowest BCUT2D eigenvalue weighted by Gasteiger charge is -2.10. The molecular weight excluding hydrogens is 422 g/mol. The lowest BCUT2D eigenvalue weighted by atomic mass is 10.2. The summed E-state index contributed by atoms with van der Waals surface area (Å²) in [5.74, 6) is 1.46. The van der Waals surface area contributed by atoms with E-state index in [1.807, 2.05) is 28.8 Å². The van der Waals surface area contributed by atoms with Gasteiger partial charge < -0.3 is 4.74 Å². The fourth-order valence-electron chi connectivity index (χ4n) is 2.95. The summed E-state index contributed by atoms with van der Waals surface area (Å²) in [7, 11) is 3.38. The number of hydrogen-bond donors (Lipinski definition) is 0. The summed E-state index contributed by atoms with van der Waals surface area (Å²) >= 11 is 8.38. The second kappa shape index (κ2) is 8.14. The first-order valence-corrected chi connectivity index (χ1v) is 11.1. The number of aromatic nitrogens is 3. The fourth-order valence-corrected chi connectivity index (χ4v) is 5.22. The number of benzene rings is 2. The van der Waals surface area contributed by atoms with Crippen LogP contribution in [0.5, 0.6) is 5.75 Å². The molecule has 0 radical (unpaired) electrons. The van der Waals surface area contributed by atoms with Crippen LogP contribution in [-0.4, -0.2) is 21.2 Å². The summed E-state index contributed by atoms with van der Waals surface area (Å²) in [6.45, 7) is 2.07. The van der Waals surface area contributed by atoms with Crippen molar-refractivity contribution in [2.24, 2.45) is 7.05 Å². The molecule has 0 amide bonds. The molecule has 2 heterocycles. The SMILES string of the molecule is COc1cccc(-n2c(=S)sc3c(=O)n(C)c(SCc4ccc(C)cc4)nc32)c1. The standard InChI is InChI=1S/C21H19N3O2S3/c1-13-7-9-14(10-8-13)12-28-20-22-18-17(19(25)23(20)2)29-21(27)24(18)15-5-4-6-16(11-15)26-3/h4-11H,12H2,1-3H3. The van der Waals surface area contributed by atoms with Crippen LogP contribution in [-0.2, 0) is 12.8 Å². The third-order valence-electron chi connectivity index (χ3n) is 4.57. The zero-order chi connectivity index (χ0) is 20.5. The predicted molar refractivity (Wildman–Crippen MR) is 122 cm³/mol. The smallest absolute Gasteiger partial charge is 0.273 e. The Balaban J connectivity index is 1.80. The average Bonchev–Trinajstić information content (AvgIpc) is 3.07. The van der Waals surface area contributed by atoms with Crippen LogP contribution in [0.3, 0.4) is 0 Å². The normalized spacial score (nSPS) is 11.1. The first kappa shape index (κ1) is 19.9. The van der Waals surface area contributed by atoms with Crippen molar-refractivity contribution in [1.82, 2.24) is 14.1 Å². The number of ether oxygens (including phenoxy) is 1. The van der Waals surface area contributed by atoms with E-state index in [0.717, 1.165) is 17.2 Å². The molecule has 29 heavy (non-hydrogen) atoms. The Kier molecular flexibility index (Phi) is 5.58. The highest BCUT2D eigenvalue weighted by Gasteiger charge is 2.16. The molecule has 2 aromatic carbocycles. The largest absolute Gasteiger partial charge is 0.497 e. The van der Waals surface area contributed by atoms with Crippen molar-refractivity contribution in [3.8, 4) is 11.4 Å². The van der Waals surface area contributed by atoms with Gasteiger partial charge in [0.15, 0.2) is 14.8 Å². The van der Waals surface area contributed by atoms with Crippen molar-refractivity contribution in [3.63, 3.8) is 0 Å². The first-order valence-electron chi connectivity index (χ1n) is 8.93. The van der Waals surface area contributed by atoms with Crippen LogP contribution in [0, 0.1) is 10.9 Å². The lowest BCUT2D eigenvalue weighted by Crippen LogP contribution is -2.19. The maximum Gasteiger partial charge on any atom is 0.273 e. The van der Waals surface area contributed by atoms with Gasteiger partial charge in [0.05, 0.1) is 12.8 Å². The molecule has 0 saturated heterocycles.